The summed E-state index contributed by atoms with van der Waals surface area (Å²) in [6, 6.07) is 12.9. The molecule has 150 valence electrons. The first kappa shape index (κ1) is 22.0. The first-order valence-corrected chi connectivity index (χ1v) is 9.92. The van der Waals surface area contributed by atoms with Crippen molar-refractivity contribution in [2.24, 2.45) is 0 Å². The maximum absolute atomic E-state index is 12.3. The summed E-state index contributed by atoms with van der Waals surface area (Å²) in [6.45, 7) is 8.17. The molecule has 0 spiro atoms. The third-order valence-electron chi connectivity index (χ3n) is 4.48. The molecule has 5 nitrogen and oxygen atoms in total. The Labute approximate surface area is 175 Å². The third-order valence-corrected chi connectivity index (χ3v) is 5.10. The summed E-state index contributed by atoms with van der Waals surface area (Å²) in [5.41, 5.74) is 2.65. The van der Waals surface area contributed by atoms with Gasteiger partial charge in [0.05, 0.1) is 24.2 Å². The first-order chi connectivity index (χ1) is 13.1. The van der Waals surface area contributed by atoms with Gasteiger partial charge >= 0.3 is 0 Å². The molecule has 2 amide bonds. The molecule has 6 heteroatoms. The van der Waals surface area contributed by atoms with Gasteiger partial charge in [-0.2, -0.15) is 0 Å². The average molecular weight is 447 g/mol. The van der Waals surface area contributed by atoms with E-state index in [1.807, 2.05) is 37.3 Å². The Morgan fingerprint density at radius 2 is 1.75 bits per heavy atom. The summed E-state index contributed by atoms with van der Waals surface area (Å²) in [4.78, 5) is 24.5. The van der Waals surface area contributed by atoms with Gasteiger partial charge in [0.25, 0.3) is 5.91 Å². The molecule has 28 heavy (non-hydrogen) atoms. The number of carbonyl (C=O) groups is 2. The standard InChI is InChI=1S/C22H27BrN2O3/c1-14(16-8-11-19(28-5)18(23)12-16)25-20(26)13-24-21(27)15-6-9-17(10-7-15)22(2,3)4/h6-12,14H,13H2,1-5H3,(H,24,27)(H,25,26). The van der Waals surface area contributed by atoms with Crippen LogP contribution in [-0.4, -0.2) is 25.5 Å². The fraction of sp³-hybridized carbons (Fsp3) is 0.364. The maximum atomic E-state index is 12.3. The molecule has 0 saturated heterocycles. The molecule has 0 aliphatic carbocycles. The zero-order valence-electron chi connectivity index (χ0n) is 16.9. The predicted molar refractivity (Wildman–Crippen MR) is 115 cm³/mol. The Morgan fingerprint density at radius 3 is 2.29 bits per heavy atom. The summed E-state index contributed by atoms with van der Waals surface area (Å²) in [5, 5.41) is 5.54. The smallest absolute Gasteiger partial charge is 0.251 e. The second kappa shape index (κ2) is 9.24. The fourth-order valence-electron chi connectivity index (χ4n) is 2.71. The molecule has 2 aromatic rings. The number of benzene rings is 2. The highest BCUT2D eigenvalue weighted by molar-refractivity contribution is 9.10. The van der Waals surface area contributed by atoms with Gasteiger partial charge in [0.2, 0.25) is 5.91 Å². The molecule has 2 aromatic carbocycles. The maximum Gasteiger partial charge on any atom is 0.251 e. The van der Waals surface area contributed by atoms with Crippen LogP contribution in [0.1, 0.15) is 55.2 Å². The van der Waals surface area contributed by atoms with Gasteiger partial charge in [-0.1, -0.05) is 39.0 Å². The zero-order valence-corrected chi connectivity index (χ0v) is 18.5. The molecule has 1 atom stereocenters. The van der Waals surface area contributed by atoms with Gasteiger partial charge in [0.15, 0.2) is 0 Å². The van der Waals surface area contributed by atoms with Gasteiger partial charge in [-0.3, -0.25) is 9.59 Å². The van der Waals surface area contributed by atoms with E-state index in [0.29, 0.717) is 5.56 Å². The van der Waals surface area contributed by atoms with Gasteiger partial charge in [0, 0.05) is 5.56 Å². The minimum atomic E-state index is -0.268. The van der Waals surface area contributed by atoms with Crippen molar-refractivity contribution in [3.8, 4) is 5.75 Å². The molecule has 0 bridgehead atoms. The Morgan fingerprint density at radius 1 is 1.11 bits per heavy atom. The molecule has 0 aromatic heterocycles. The summed E-state index contributed by atoms with van der Waals surface area (Å²) in [7, 11) is 1.60. The summed E-state index contributed by atoms with van der Waals surface area (Å²) < 4.78 is 6.03. The molecule has 0 radical (unpaired) electrons. The molecule has 0 fully saturated rings. The molecular formula is C22H27BrN2O3. The Bertz CT molecular complexity index is 842. The minimum Gasteiger partial charge on any atom is -0.496 e. The van der Waals surface area contributed by atoms with Gasteiger partial charge < -0.3 is 15.4 Å². The van der Waals surface area contributed by atoms with E-state index in [0.717, 1.165) is 21.3 Å². The van der Waals surface area contributed by atoms with Crippen LogP contribution in [0.25, 0.3) is 0 Å². The van der Waals surface area contributed by atoms with Crippen LogP contribution in [0.2, 0.25) is 0 Å². The van der Waals surface area contributed by atoms with E-state index in [4.69, 9.17) is 4.74 Å². The van der Waals surface area contributed by atoms with E-state index in [1.165, 1.54) is 0 Å². The normalized spacial score (nSPS) is 12.2. The van der Waals surface area contributed by atoms with E-state index >= 15 is 0 Å². The van der Waals surface area contributed by atoms with Crippen LogP contribution >= 0.6 is 15.9 Å². The lowest BCUT2D eigenvalue weighted by Crippen LogP contribution is -2.38. The van der Waals surface area contributed by atoms with Crippen molar-refractivity contribution in [1.29, 1.82) is 0 Å². The molecule has 1 unspecified atom stereocenters. The Kier molecular flexibility index (Phi) is 7.24. The van der Waals surface area contributed by atoms with Crippen molar-refractivity contribution >= 4 is 27.7 Å². The van der Waals surface area contributed by atoms with E-state index in [1.54, 1.807) is 19.2 Å². The largest absolute Gasteiger partial charge is 0.496 e. The van der Waals surface area contributed by atoms with Crippen molar-refractivity contribution in [2.75, 3.05) is 13.7 Å². The fourth-order valence-corrected chi connectivity index (χ4v) is 3.27. The highest BCUT2D eigenvalue weighted by atomic mass is 79.9. The topological polar surface area (TPSA) is 67.4 Å². The lowest BCUT2D eigenvalue weighted by Gasteiger charge is -2.19. The average Bonchev–Trinajstić information content (AvgIpc) is 2.65. The highest BCUT2D eigenvalue weighted by Gasteiger charge is 2.15. The number of ether oxygens (including phenoxy) is 1. The second-order valence-electron chi connectivity index (χ2n) is 7.69. The number of methoxy groups -OCH3 is 1. The molecule has 0 aliphatic rings. The Balaban J connectivity index is 1.89. The van der Waals surface area contributed by atoms with E-state index in [-0.39, 0.29) is 29.8 Å². The van der Waals surface area contributed by atoms with Gasteiger partial charge in [0.1, 0.15) is 5.75 Å². The third kappa shape index (κ3) is 5.83. The van der Waals surface area contributed by atoms with Crippen LogP contribution in [0.4, 0.5) is 0 Å². The molecule has 0 heterocycles. The SMILES string of the molecule is COc1ccc(C(C)NC(=O)CNC(=O)c2ccc(C(C)(C)C)cc2)cc1Br. The lowest BCUT2D eigenvalue weighted by molar-refractivity contribution is -0.120. The van der Waals surface area contributed by atoms with Crippen molar-refractivity contribution < 1.29 is 14.3 Å². The molecule has 0 saturated carbocycles. The molecule has 2 rings (SSSR count). The number of halogens is 1. The van der Waals surface area contributed by atoms with Crippen molar-refractivity contribution in [1.82, 2.24) is 10.6 Å². The van der Waals surface area contributed by atoms with Gasteiger partial charge in [-0.25, -0.2) is 0 Å². The lowest BCUT2D eigenvalue weighted by atomic mass is 9.87. The van der Waals surface area contributed by atoms with E-state index in [9.17, 15) is 9.59 Å². The number of carbonyl (C=O) groups excluding carboxylic acids is 2. The van der Waals surface area contributed by atoms with Gasteiger partial charge in [-0.15, -0.1) is 0 Å². The van der Waals surface area contributed by atoms with Crippen LogP contribution in [0, 0.1) is 0 Å². The van der Waals surface area contributed by atoms with Crippen molar-refractivity contribution in [2.45, 2.75) is 39.2 Å². The number of nitrogens with one attached hydrogen (secondary N) is 2. The monoisotopic (exact) mass is 446 g/mol. The number of hydrogen-bond acceptors (Lipinski definition) is 3. The van der Waals surface area contributed by atoms with Crippen LogP contribution in [-0.2, 0) is 10.2 Å². The van der Waals surface area contributed by atoms with Gasteiger partial charge in [-0.05, 0) is 63.7 Å². The zero-order chi connectivity index (χ0) is 20.9. The van der Waals surface area contributed by atoms with E-state index in [2.05, 4.69) is 47.3 Å². The highest BCUT2D eigenvalue weighted by Crippen LogP contribution is 2.28. The minimum absolute atomic E-state index is 0.0292. The molecule has 2 N–H and O–H groups in total. The van der Waals surface area contributed by atoms with E-state index < -0.39 is 0 Å². The summed E-state index contributed by atoms with van der Waals surface area (Å²) in [6.07, 6.45) is 0. The second-order valence-corrected chi connectivity index (χ2v) is 8.55. The molecular weight excluding hydrogens is 420 g/mol. The quantitative estimate of drug-likeness (QED) is 0.692. The van der Waals surface area contributed by atoms with Crippen molar-refractivity contribution in [3.63, 3.8) is 0 Å². The van der Waals surface area contributed by atoms with Crippen LogP contribution < -0.4 is 15.4 Å². The number of amides is 2. The molecule has 0 aliphatic heterocycles. The van der Waals surface area contributed by atoms with Crippen LogP contribution in [0.5, 0.6) is 5.75 Å². The summed E-state index contributed by atoms with van der Waals surface area (Å²) >= 11 is 3.44. The number of hydrogen-bond donors (Lipinski definition) is 2. The number of rotatable bonds is 6. The van der Waals surface area contributed by atoms with Crippen molar-refractivity contribution in [3.05, 3.63) is 63.6 Å². The Hall–Kier alpha value is -2.34. The van der Waals surface area contributed by atoms with Crippen LogP contribution in [0.3, 0.4) is 0 Å². The first-order valence-electron chi connectivity index (χ1n) is 9.13. The summed E-state index contributed by atoms with van der Waals surface area (Å²) in [5.74, 6) is 0.210. The predicted octanol–water partition coefficient (Wildman–Crippen LogP) is 4.36. The van der Waals surface area contributed by atoms with Crippen LogP contribution in [0.15, 0.2) is 46.9 Å².